The summed E-state index contributed by atoms with van der Waals surface area (Å²) in [6.07, 6.45) is 1.31. The Kier molecular flexibility index (Phi) is 4.11. The summed E-state index contributed by atoms with van der Waals surface area (Å²) in [6, 6.07) is 17.3. The highest BCUT2D eigenvalue weighted by molar-refractivity contribution is 5.80. The Morgan fingerprint density at radius 1 is 1.13 bits per heavy atom. The Balaban J connectivity index is 1.82. The molecule has 0 radical (unpaired) electrons. The average Bonchev–Trinajstić information content (AvgIpc) is 3.01. The molecule has 0 spiro atoms. The summed E-state index contributed by atoms with van der Waals surface area (Å²) in [4.78, 5) is 4.10. The highest BCUT2D eigenvalue weighted by atomic mass is 19.1. The number of anilines is 1. The minimum absolute atomic E-state index is 0.0783. The van der Waals surface area contributed by atoms with Crippen molar-refractivity contribution in [3.8, 4) is 17.5 Å². The van der Waals surface area contributed by atoms with Gasteiger partial charge in [0.15, 0.2) is 0 Å². The molecular formula is C17H11FN4O. The van der Waals surface area contributed by atoms with Crippen LogP contribution in [0.25, 0.3) is 11.5 Å². The van der Waals surface area contributed by atoms with Crippen molar-refractivity contribution in [1.29, 1.82) is 5.26 Å². The minimum atomic E-state index is -0.388. The molecule has 0 saturated carbocycles. The molecular weight excluding hydrogens is 295 g/mol. The second-order valence-corrected chi connectivity index (χ2v) is 4.57. The number of hydrogen-bond donors (Lipinski definition) is 1. The fraction of sp³-hybridized carbons (Fsp3) is 0. The van der Waals surface area contributed by atoms with Crippen LogP contribution in [0.4, 0.5) is 10.3 Å². The number of hydrogen-bond acceptors (Lipinski definition) is 5. The van der Waals surface area contributed by atoms with Gasteiger partial charge in [-0.2, -0.15) is 15.3 Å². The highest BCUT2D eigenvalue weighted by Crippen LogP contribution is 2.24. The van der Waals surface area contributed by atoms with E-state index < -0.39 is 0 Å². The van der Waals surface area contributed by atoms with E-state index in [0.717, 1.165) is 5.56 Å². The summed E-state index contributed by atoms with van der Waals surface area (Å²) in [5.41, 5.74) is 3.73. The fourth-order valence-electron chi connectivity index (χ4n) is 1.92. The lowest BCUT2D eigenvalue weighted by atomic mass is 10.2. The maximum Gasteiger partial charge on any atom is 0.252 e. The summed E-state index contributed by atoms with van der Waals surface area (Å²) in [6.45, 7) is 0. The lowest BCUT2D eigenvalue weighted by Crippen LogP contribution is -1.93. The van der Waals surface area contributed by atoms with Gasteiger partial charge in [-0.1, -0.05) is 36.4 Å². The van der Waals surface area contributed by atoms with Crippen LogP contribution >= 0.6 is 0 Å². The van der Waals surface area contributed by atoms with Crippen molar-refractivity contribution in [3.05, 3.63) is 71.7 Å². The SMILES string of the molecule is N#Cc1nc(-c2ccccc2)oc1N/N=C/c1ccccc1F. The lowest BCUT2D eigenvalue weighted by Gasteiger charge is -1.96. The third-order valence-electron chi connectivity index (χ3n) is 3.03. The number of aromatic nitrogens is 1. The molecule has 3 aromatic rings. The first-order valence-corrected chi connectivity index (χ1v) is 6.78. The number of rotatable bonds is 4. The molecule has 1 N–H and O–H groups in total. The molecule has 0 fully saturated rings. The Morgan fingerprint density at radius 3 is 2.61 bits per heavy atom. The van der Waals surface area contributed by atoms with Crippen molar-refractivity contribution in [2.24, 2.45) is 5.10 Å². The van der Waals surface area contributed by atoms with E-state index in [-0.39, 0.29) is 17.4 Å². The van der Waals surface area contributed by atoms with Crippen molar-refractivity contribution >= 4 is 12.1 Å². The van der Waals surface area contributed by atoms with Crippen LogP contribution in [0.2, 0.25) is 0 Å². The average molecular weight is 306 g/mol. The van der Waals surface area contributed by atoms with E-state index in [0.29, 0.717) is 11.5 Å². The van der Waals surface area contributed by atoms with E-state index in [2.05, 4.69) is 15.5 Å². The van der Waals surface area contributed by atoms with E-state index in [9.17, 15) is 4.39 Å². The number of oxazole rings is 1. The summed E-state index contributed by atoms with van der Waals surface area (Å²) in [5.74, 6) is 0.0331. The van der Waals surface area contributed by atoms with E-state index in [4.69, 9.17) is 9.68 Å². The monoisotopic (exact) mass is 306 g/mol. The zero-order chi connectivity index (χ0) is 16.1. The van der Waals surface area contributed by atoms with Crippen LogP contribution in [0.15, 0.2) is 64.1 Å². The predicted molar refractivity (Wildman–Crippen MR) is 84.3 cm³/mol. The van der Waals surface area contributed by atoms with Crippen LogP contribution in [0.3, 0.4) is 0 Å². The molecule has 0 bridgehead atoms. The molecule has 5 nitrogen and oxygen atoms in total. The topological polar surface area (TPSA) is 74.2 Å². The molecule has 1 aromatic heterocycles. The van der Waals surface area contributed by atoms with Crippen molar-refractivity contribution in [2.75, 3.05) is 5.43 Å². The first kappa shape index (κ1) is 14.5. The molecule has 23 heavy (non-hydrogen) atoms. The Bertz CT molecular complexity index is 881. The maximum absolute atomic E-state index is 13.5. The standard InChI is InChI=1S/C17H11FN4O/c18-14-9-5-4-8-13(14)11-20-22-17-15(10-19)21-16(23-17)12-6-2-1-3-7-12/h1-9,11,22H/b20-11+. The van der Waals surface area contributed by atoms with Gasteiger partial charge in [-0.25, -0.2) is 9.82 Å². The summed E-state index contributed by atoms with van der Waals surface area (Å²) in [5, 5.41) is 13.0. The molecule has 0 amide bonds. The number of hydrazone groups is 1. The van der Waals surface area contributed by atoms with Gasteiger partial charge in [0.1, 0.15) is 11.9 Å². The number of nitrogens with one attached hydrogen (secondary N) is 1. The van der Waals surface area contributed by atoms with Crippen molar-refractivity contribution < 1.29 is 8.81 Å². The maximum atomic E-state index is 13.5. The first-order chi connectivity index (χ1) is 11.3. The van der Waals surface area contributed by atoms with Gasteiger partial charge >= 0.3 is 0 Å². The summed E-state index contributed by atoms with van der Waals surface area (Å²) < 4.78 is 19.0. The van der Waals surface area contributed by atoms with E-state index >= 15 is 0 Å². The third kappa shape index (κ3) is 3.24. The Hall–Kier alpha value is -3.46. The van der Waals surface area contributed by atoms with Crippen LogP contribution in [-0.2, 0) is 0 Å². The van der Waals surface area contributed by atoms with Gasteiger partial charge in [0, 0.05) is 11.1 Å². The molecule has 6 heteroatoms. The summed E-state index contributed by atoms with van der Waals surface area (Å²) in [7, 11) is 0. The van der Waals surface area contributed by atoms with Gasteiger partial charge in [-0.05, 0) is 18.2 Å². The molecule has 0 aliphatic rings. The Morgan fingerprint density at radius 2 is 1.87 bits per heavy atom. The molecule has 0 aliphatic carbocycles. The van der Waals surface area contributed by atoms with E-state index in [1.165, 1.54) is 12.3 Å². The number of benzene rings is 2. The molecule has 0 saturated heterocycles. The van der Waals surface area contributed by atoms with E-state index in [1.54, 1.807) is 18.2 Å². The van der Waals surface area contributed by atoms with Gasteiger partial charge < -0.3 is 4.42 Å². The zero-order valence-corrected chi connectivity index (χ0v) is 11.9. The van der Waals surface area contributed by atoms with Crippen LogP contribution < -0.4 is 5.43 Å². The minimum Gasteiger partial charge on any atom is -0.417 e. The van der Waals surface area contributed by atoms with E-state index in [1.807, 2.05) is 36.4 Å². The summed E-state index contributed by atoms with van der Waals surface area (Å²) >= 11 is 0. The smallest absolute Gasteiger partial charge is 0.252 e. The van der Waals surface area contributed by atoms with Gasteiger partial charge in [0.25, 0.3) is 5.88 Å². The Labute approximate surface area is 131 Å². The second-order valence-electron chi connectivity index (χ2n) is 4.57. The fourth-order valence-corrected chi connectivity index (χ4v) is 1.92. The number of halogens is 1. The van der Waals surface area contributed by atoms with Crippen LogP contribution in [0, 0.1) is 17.1 Å². The van der Waals surface area contributed by atoms with Crippen LogP contribution in [0.1, 0.15) is 11.3 Å². The molecule has 0 atom stereocenters. The number of nitriles is 1. The highest BCUT2D eigenvalue weighted by Gasteiger charge is 2.13. The quantitative estimate of drug-likeness (QED) is 0.587. The zero-order valence-electron chi connectivity index (χ0n) is 11.9. The molecule has 3 rings (SSSR count). The van der Waals surface area contributed by atoms with Gasteiger partial charge in [0.05, 0.1) is 6.21 Å². The van der Waals surface area contributed by atoms with Gasteiger partial charge in [0.2, 0.25) is 11.6 Å². The van der Waals surface area contributed by atoms with Crippen LogP contribution in [0.5, 0.6) is 0 Å². The van der Waals surface area contributed by atoms with Gasteiger partial charge in [-0.3, -0.25) is 0 Å². The third-order valence-corrected chi connectivity index (χ3v) is 3.03. The number of nitrogens with zero attached hydrogens (tertiary/aromatic N) is 3. The molecule has 0 aliphatic heterocycles. The molecule has 0 unspecified atom stereocenters. The molecule has 2 aromatic carbocycles. The van der Waals surface area contributed by atoms with Crippen molar-refractivity contribution in [2.45, 2.75) is 0 Å². The largest absolute Gasteiger partial charge is 0.417 e. The molecule has 1 heterocycles. The van der Waals surface area contributed by atoms with Crippen molar-refractivity contribution in [3.63, 3.8) is 0 Å². The predicted octanol–water partition coefficient (Wildman–Crippen LogP) is 3.80. The van der Waals surface area contributed by atoms with Crippen molar-refractivity contribution in [1.82, 2.24) is 4.98 Å². The lowest BCUT2D eigenvalue weighted by molar-refractivity contribution is 0.587. The normalized spacial score (nSPS) is 10.6. The van der Waals surface area contributed by atoms with Crippen LogP contribution in [-0.4, -0.2) is 11.2 Å². The second kappa shape index (κ2) is 6.54. The first-order valence-electron chi connectivity index (χ1n) is 6.78. The van der Waals surface area contributed by atoms with Gasteiger partial charge in [-0.15, -0.1) is 0 Å². The molecule has 112 valence electrons.